The molecule has 7 nitrogen and oxygen atoms in total. The molecule has 3 heterocycles. The number of carbonyl (C=O) groups is 1. The summed E-state index contributed by atoms with van der Waals surface area (Å²) in [5.74, 6) is 0.859. The number of rotatable bonds is 4. The van der Waals surface area contributed by atoms with Crippen molar-refractivity contribution in [2.45, 2.75) is 6.54 Å². The van der Waals surface area contributed by atoms with Crippen LogP contribution in [0.4, 0.5) is 0 Å². The number of hydrogen-bond acceptors (Lipinski definition) is 5. The van der Waals surface area contributed by atoms with Gasteiger partial charge in [0.25, 0.3) is 5.91 Å². The Labute approximate surface area is 120 Å². The fourth-order valence-corrected chi connectivity index (χ4v) is 1.75. The van der Waals surface area contributed by atoms with Gasteiger partial charge in [-0.15, -0.1) is 0 Å². The minimum atomic E-state index is -0.255. The second-order valence-electron chi connectivity index (χ2n) is 4.25. The molecule has 0 aromatic carbocycles. The lowest BCUT2D eigenvalue weighted by Gasteiger charge is -2.01. The van der Waals surface area contributed by atoms with Gasteiger partial charge in [-0.3, -0.25) is 19.9 Å². The summed E-state index contributed by atoms with van der Waals surface area (Å²) in [6, 6.07) is 8.85. The largest absolute Gasteiger partial charge is 0.343 e. The van der Waals surface area contributed by atoms with Crippen LogP contribution in [0, 0.1) is 0 Å². The lowest BCUT2D eigenvalue weighted by molar-refractivity contribution is 0.0945. The van der Waals surface area contributed by atoms with E-state index < -0.39 is 0 Å². The Kier molecular flexibility index (Phi) is 3.64. The first-order valence-electron chi connectivity index (χ1n) is 6.34. The zero-order valence-corrected chi connectivity index (χ0v) is 11.0. The van der Waals surface area contributed by atoms with Gasteiger partial charge in [0, 0.05) is 24.2 Å². The van der Waals surface area contributed by atoms with E-state index in [9.17, 15) is 4.79 Å². The van der Waals surface area contributed by atoms with Gasteiger partial charge in [0.15, 0.2) is 5.82 Å². The number of hydrogen-bond donors (Lipinski definition) is 2. The van der Waals surface area contributed by atoms with Crippen molar-refractivity contribution < 1.29 is 4.79 Å². The number of nitrogens with zero attached hydrogens (tertiary/aromatic N) is 4. The summed E-state index contributed by atoms with van der Waals surface area (Å²) in [5.41, 5.74) is 1.18. The van der Waals surface area contributed by atoms with Crippen LogP contribution in [-0.2, 0) is 6.54 Å². The van der Waals surface area contributed by atoms with Gasteiger partial charge in [-0.05, 0) is 24.3 Å². The molecule has 0 aliphatic heterocycles. The van der Waals surface area contributed by atoms with Crippen molar-refractivity contribution in [3.8, 4) is 11.4 Å². The van der Waals surface area contributed by atoms with Crippen LogP contribution in [0.5, 0.6) is 0 Å². The van der Waals surface area contributed by atoms with Crippen molar-refractivity contribution in [2.75, 3.05) is 0 Å². The molecular weight excluding hydrogens is 268 g/mol. The number of amides is 1. The third kappa shape index (κ3) is 3.08. The van der Waals surface area contributed by atoms with E-state index in [2.05, 4.69) is 30.5 Å². The minimum absolute atomic E-state index is 0.253. The van der Waals surface area contributed by atoms with Crippen LogP contribution in [0.25, 0.3) is 11.4 Å². The highest BCUT2D eigenvalue weighted by atomic mass is 16.1. The van der Waals surface area contributed by atoms with Gasteiger partial charge in [-0.2, -0.15) is 5.10 Å². The topological polar surface area (TPSA) is 96.5 Å². The molecule has 1 amide bonds. The molecule has 0 spiro atoms. The van der Waals surface area contributed by atoms with Gasteiger partial charge < -0.3 is 5.32 Å². The van der Waals surface area contributed by atoms with Crippen molar-refractivity contribution in [3.63, 3.8) is 0 Å². The molecule has 3 aromatic heterocycles. The predicted octanol–water partition coefficient (Wildman–Crippen LogP) is 1.19. The number of pyridine rings is 2. The van der Waals surface area contributed by atoms with E-state index in [4.69, 9.17) is 0 Å². The summed E-state index contributed by atoms with van der Waals surface area (Å²) in [4.78, 5) is 24.1. The highest BCUT2D eigenvalue weighted by Gasteiger charge is 2.09. The molecular formula is C14H12N6O. The maximum absolute atomic E-state index is 11.8. The zero-order chi connectivity index (χ0) is 14.5. The standard InChI is InChI=1S/C14H12N6O/c21-14(11-5-1-2-7-16-11)17-9-12-18-13(20-19-12)10-4-3-6-15-8-10/h1-8H,9H2,(H,17,21)(H,18,19,20). The number of carbonyl (C=O) groups excluding carboxylic acids is 1. The van der Waals surface area contributed by atoms with Gasteiger partial charge in [0.1, 0.15) is 11.5 Å². The van der Waals surface area contributed by atoms with Gasteiger partial charge >= 0.3 is 0 Å². The smallest absolute Gasteiger partial charge is 0.270 e. The second-order valence-corrected chi connectivity index (χ2v) is 4.25. The molecule has 0 saturated heterocycles. The number of H-pyrrole nitrogens is 1. The Bertz CT molecular complexity index is 725. The van der Waals surface area contributed by atoms with Crippen molar-refractivity contribution in [3.05, 3.63) is 60.4 Å². The number of aromatic nitrogens is 5. The third-order valence-corrected chi connectivity index (χ3v) is 2.77. The predicted molar refractivity (Wildman–Crippen MR) is 75.0 cm³/mol. The maximum Gasteiger partial charge on any atom is 0.270 e. The minimum Gasteiger partial charge on any atom is -0.343 e. The normalized spacial score (nSPS) is 10.3. The lowest BCUT2D eigenvalue weighted by atomic mass is 10.3. The van der Waals surface area contributed by atoms with Crippen LogP contribution < -0.4 is 5.32 Å². The Morgan fingerprint density at radius 2 is 2.14 bits per heavy atom. The zero-order valence-electron chi connectivity index (χ0n) is 11.0. The second kappa shape index (κ2) is 5.91. The molecule has 3 rings (SSSR count). The molecule has 3 aromatic rings. The molecule has 0 atom stereocenters. The average molecular weight is 280 g/mol. The maximum atomic E-state index is 11.8. The fraction of sp³-hybridized carbons (Fsp3) is 0.0714. The summed E-state index contributed by atoms with van der Waals surface area (Å²) in [6.45, 7) is 0.253. The van der Waals surface area contributed by atoms with Crippen LogP contribution in [0.1, 0.15) is 16.3 Å². The highest BCUT2D eigenvalue weighted by Crippen LogP contribution is 2.11. The number of aromatic amines is 1. The van der Waals surface area contributed by atoms with Crippen LogP contribution in [0.3, 0.4) is 0 Å². The van der Waals surface area contributed by atoms with Crippen molar-refractivity contribution >= 4 is 5.91 Å². The molecule has 0 bridgehead atoms. The summed E-state index contributed by atoms with van der Waals surface area (Å²) >= 11 is 0. The van der Waals surface area contributed by atoms with Gasteiger partial charge in [0.05, 0.1) is 6.54 Å². The molecule has 0 saturated carbocycles. The SMILES string of the molecule is O=C(NCc1nc(-c2cccnc2)n[nH]1)c1ccccn1. The quantitative estimate of drug-likeness (QED) is 0.748. The van der Waals surface area contributed by atoms with Crippen molar-refractivity contribution in [1.82, 2.24) is 30.5 Å². The highest BCUT2D eigenvalue weighted by molar-refractivity contribution is 5.92. The fourth-order valence-electron chi connectivity index (χ4n) is 1.75. The molecule has 0 unspecified atom stereocenters. The van der Waals surface area contributed by atoms with E-state index in [0.717, 1.165) is 5.56 Å². The first-order valence-corrected chi connectivity index (χ1v) is 6.34. The van der Waals surface area contributed by atoms with Crippen LogP contribution >= 0.6 is 0 Å². The average Bonchev–Trinajstić information content (AvgIpc) is 3.03. The van der Waals surface area contributed by atoms with Gasteiger partial charge in [-0.25, -0.2) is 4.98 Å². The van der Waals surface area contributed by atoms with E-state index in [1.165, 1.54) is 0 Å². The van der Waals surface area contributed by atoms with Crippen LogP contribution in [0.2, 0.25) is 0 Å². The Morgan fingerprint density at radius 1 is 1.19 bits per heavy atom. The summed E-state index contributed by atoms with van der Waals surface area (Å²) in [7, 11) is 0. The molecule has 0 aliphatic carbocycles. The summed E-state index contributed by atoms with van der Waals surface area (Å²) in [6.07, 6.45) is 4.94. The first kappa shape index (κ1) is 12.9. The Morgan fingerprint density at radius 3 is 2.90 bits per heavy atom. The third-order valence-electron chi connectivity index (χ3n) is 2.77. The molecule has 104 valence electrons. The van der Waals surface area contributed by atoms with E-state index in [-0.39, 0.29) is 12.5 Å². The molecule has 0 radical (unpaired) electrons. The summed E-state index contributed by atoms with van der Waals surface area (Å²) in [5, 5.41) is 9.61. The van der Waals surface area contributed by atoms with Crippen molar-refractivity contribution in [2.24, 2.45) is 0 Å². The van der Waals surface area contributed by atoms with E-state index in [0.29, 0.717) is 17.3 Å². The van der Waals surface area contributed by atoms with E-state index in [1.807, 2.05) is 12.1 Å². The monoisotopic (exact) mass is 280 g/mol. The van der Waals surface area contributed by atoms with Crippen LogP contribution in [0.15, 0.2) is 48.9 Å². The van der Waals surface area contributed by atoms with Crippen molar-refractivity contribution in [1.29, 1.82) is 0 Å². The van der Waals surface area contributed by atoms with Crippen LogP contribution in [-0.4, -0.2) is 31.1 Å². The molecule has 0 aliphatic rings. The molecule has 7 heteroatoms. The summed E-state index contributed by atoms with van der Waals surface area (Å²) < 4.78 is 0. The Hall–Kier alpha value is -3.09. The lowest BCUT2D eigenvalue weighted by Crippen LogP contribution is -2.24. The number of nitrogens with one attached hydrogen (secondary N) is 2. The molecule has 0 fully saturated rings. The van der Waals surface area contributed by atoms with Gasteiger partial charge in [-0.1, -0.05) is 6.07 Å². The first-order chi connectivity index (χ1) is 10.3. The van der Waals surface area contributed by atoms with E-state index >= 15 is 0 Å². The van der Waals surface area contributed by atoms with E-state index in [1.54, 1.807) is 36.8 Å². The van der Waals surface area contributed by atoms with Gasteiger partial charge in [0.2, 0.25) is 0 Å². The molecule has 21 heavy (non-hydrogen) atoms. The molecule has 2 N–H and O–H groups in total. The Balaban J connectivity index is 1.64.